The number of carbonyl (C=O) groups excluding carboxylic acids is 3. The molecular formula is C31H27Cl2FN4O4. The topological polar surface area (TPSA) is 120 Å². The van der Waals surface area contributed by atoms with Gasteiger partial charge in [0.05, 0.1) is 35.2 Å². The number of amides is 2. The maximum Gasteiger partial charge on any atom is 0.337 e. The Balaban J connectivity index is 1.68. The molecule has 1 spiro atoms. The summed E-state index contributed by atoms with van der Waals surface area (Å²) in [7, 11) is 1.27. The molecule has 8 nitrogen and oxygen atoms in total. The monoisotopic (exact) mass is 608 g/mol. The molecule has 3 aromatic carbocycles. The van der Waals surface area contributed by atoms with Crippen LogP contribution in [0.4, 0.5) is 15.8 Å². The summed E-state index contributed by atoms with van der Waals surface area (Å²) in [5.41, 5.74) is -0.692. The van der Waals surface area contributed by atoms with E-state index in [0.717, 1.165) is 0 Å². The van der Waals surface area contributed by atoms with Crippen LogP contribution >= 0.6 is 23.2 Å². The number of fused-ring (bicyclic) bond motifs is 2. The van der Waals surface area contributed by atoms with E-state index in [-0.39, 0.29) is 17.0 Å². The van der Waals surface area contributed by atoms with Gasteiger partial charge in [0.2, 0.25) is 11.8 Å². The number of methoxy groups -OCH3 is 1. The van der Waals surface area contributed by atoms with Crippen molar-refractivity contribution in [2.24, 2.45) is 5.41 Å². The first-order valence-electron chi connectivity index (χ1n) is 13.1. The summed E-state index contributed by atoms with van der Waals surface area (Å²) < 4.78 is 20.6. The molecule has 0 aromatic heterocycles. The highest BCUT2D eigenvalue weighted by Gasteiger charge is 2.66. The van der Waals surface area contributed by atoms with Gasteiger partial charge in [-0.1, -0.05) is 41.4 Å². The standard InChI is InChI=1S/C31H27Cl2FN4O4/c1-30(2,15-35)14-23-31(20-12-9-17(32)13-22(20)37-29(31)41)24(19-5-4-6-21(33)25(19)34)26(38-23)27(39)36-18-10-7-16(8-11-18)28(40)42-3/h4-13,23-24,26,38H,14H2,1-3H3,(H,36,39)(H,37,41)/t23-,24-,26+,31+/m0/s1. The fourth-order valence-corrected chi connectivity index (χ4v) is 6.48. The van der Waals surface area contributed by atoms with E-state index in [1.165, 1.54) is 31.4 Å². The number of halogens is 3. The molecule has 0 aliphatic carbocycles. The van der Waals surface area contributed by atoms with Gasteiger partial charge in [0.15, 0.2) is 0 Å². The van der Waals surface area contributed by atoms with Gasteiger partial charge in [-0.3, -0.25) is 9.59 Å². The van der Waals surface area contributed by atoms with Crippen LogP contribution < -0.4 is 16.0 Å². The molecule has 0 radical (unpaired) electrons. The molecule has 2 aliphatic heterocycles. The van der Waals surface area contributed by atoms with Gasteiger partial charge in [-0.2, -0.15) is 5.26 Å². The number of nitriles is 1. The molecule has 2 amide bonds. The molecule has 0 unspecified atom stereocenters. The van der Waals surface area contributed by atoms with Crippen molar-refractivity contribution in [3.8, 4) is 6.07 Å². The van der Waals surface area contributed by atoms with Crippen molar-refractivity contribution < 1.29 is 23.5 Å². The molecule has 216 valence electrons. The lowest BCUT2D eigenvalue weighted by molar-refractivity contribution is -0.122. The third-order valence-corrected chi connectivity index (χ3v) is 8.52. The van der Waals surface area contributed by atoms with E-state index in [1.54, 1.807) is 50.2 Å². The predicted octanol–water partition coefficient (Wildman–Crippen LogP) is 5.81. The average Bonchev–Trinajstić information content (AvgIpc) is 3.44. The number of esters is 1. The lowest BCUT2D eigenvalue weighted by atomic mass is 9.62. The van der Waals surface area contributed by atoms with Crippen LogP contribution in [-0.4, -0.2) is 37.0 Å². The smallest absolute Gasteiger partial charge is 0.337 e. The number of carbonyl (C=O) groups is 3. The summed E-state index contributed by atoms with van der Waals surface area (Å²) >= 11 is 12.5. The van der Waals surface area contributed by atoms with Crippen molar-refractivity contribution in [1.29, 1.82) is 5.26 Å². The Hall–Kier alpha value is -3.97. The number of nitrogens with zero attached hydrogens (tertiary/aromatic N) is 1. The lowest BCUT2D eigenvalue weighted by Crippen LogP contribution is -2.50. The maximum absolute atomic E-state index is 15.9. The first-order chi connectivity index (χ1) is 19.9. The molecule has 1 fully saturated rings. The Morgan fingerprint density at radius 3 is 2.52 bits per heavy atom. The van der Waals surface area contributed by atoms with Gasteiger partial charge in [0, 0.05) is 28.4 Å². The third kappa shape index (κ3) is 4.90. The average molecular weight is 609 g/mol. The second kappa shape index (κ2) is 11.0. The highest BCUT2D eigenvalue weighted by molar-refractivity contribution is 6.31. The van der Waals surface area contributed by atoms with Crippen LogP contribution in [0.15, 0.2) is 60.7 Å². The van der Waals surface area contributed by atoms with Crippen LogP contribution in [0.3, 0.4) is 0 Å². The molecule has 0 saturated carbocycles. The van der Waals surface area contributed by atoms with E-state index in [1.807, 2.05) is 0 Å². The minimum Gasteiger partial charge on any atom is -0.465 e. The number of ether oxygens (including phenoxy) is 1. The van der Waals surface area contributed by atoms with Crippen molar-refractivity contribution in [3.63, 3.8) is 0 Å². The summed E-state index contributed by atoms with van der Waals surface area (Å²) in [5.74, 6) is -3.35. The fourth-order valence-electron chi connectivity index (χ4n) is 6.12. The van der Waals surface area contributed by atoms with Crippen LogP contribution in [0.5, 0.6) is 0 Å². The van der Waals surface area contributed by atoms with Crippen LogP contribution in [0.25, 0.3) is 0 Å². The normalized spacial score (nSPS) is 22.8. The summed E-state index contributed by atoms with van der Waals surface area (Å²) in [5, 5.41) is 19.2. The number of anilines is 2. The first-order valence-corrected chi connectivity index (χ1v) is 13.9. The van der Waals surface area contributed by atoms with Gasteiger partial charge < -0.3 is 20.7 Å². The summed E-state index contributed by atoms with van der Waals surface area (Å²) in [6.45, 7) is 3.48. The number of hydrogen-bond acceptors (Lipinski definition) is 6. The van der Waals surface area contributed by atoms with E-state index < -0.39 is 52.4 Å². The summed E-state index contributed by atoms with van der Waals surface area (Å²) in [6, 6.07) is 15.9. The van der Waals surface area contributed by atoms with Gasteiger partial charge in [0.1, 0.15) is 11.2 Å². The SMILES string of the molecule is COC(=O)c1ccc(NC(=O)[C@@H]2N[C@@H](CC(C)(C)C#N)[C@@]3(C(=O)Nc4cc(Cl)ccc43)[C@H]2c2cccc(Cl)c2F)cc1. The summed E-state index contributed by atoms with van der Waals surface area (Å²) in [4.78, 5) is 40.1. The van der Waals surface area contributed by atoms with Crippen molar-refractivity contribution >= 4 is 52.4 Å². The molecule has 4 atom stereocenters. The number of hydrogen-bond donors (Lipinski definition) is 3. The van der Waals surface area contributed by atoms with Gasteiger partial charge >= 0.3 is 5.97 Å². The molecule has 2 aliphatic rings. The van der Waals surface area contributed by atoms with E-state index in [0.29, 0.717) is 27.5 Å². The molecule has 5 rings (SSSR count). The Morgan fingerprint density at radius 1 is 1.14 bits per heavy atom. The maximum atomic E-state index is 15.9. The molecule has 11 heteroatoms. The summed E-state index contributed by atoms with van der Waals surface area (Å²) in [6.07, 6.45) is 0.162. The Morgan fingerprint density at radius 2 is 1.86 bits per heavy atom. The third-order valence-electron chi connectivity index (χ3n) is 8.00. The Kier molecular flexibility index (Phi) is 7.75. The number of benzene rings is 3. The molecule has 0 bridgehead atoms. The van der Waals surface area contributed by atoms with Crippen molar-refractivity contribution in [2.75, 3.05) is 17.7 Å². The van der Waals surface area contributed by atoms with Gasteiger partial charge in [-0.25, -0.2) is 9.18 Å². The van der Waals surface area contributed by atoms with Crippen molar-refractivity contribution in [3.05, 3.63) is 93.2 Å². The van der Waals surface area contributed by atoms with Crippen molar-refractivity contribution in [1.82, 2.24) is 5.32 Å². The van der Waals surface area contributed by atoms with E-state index >= 15 is 4.39 Å². The number of rotatable bonds is 6. The van der Waals surface area contributed by atoms with Gasteiger partial charge in [0.25, 0.3) is 0 Å². The lowest BCUT2D eigenvalue weighted by Gasteiger charge is -2.37. The van der Waals surface area contributed by atoms with Crippen LogP contribution in [0.2, 0.25) is 10.0 Å². The van der Waals surface area contributed by atoms with Crippen LogP contribution in [0.1, 0.15) is 47.7 Å². The highest BCUT2D eigenvalue weighted by atomic mass is 35.5. The van der Waals surface area contributed by atoms with Crippen molar-refractivity contribution in [2.45, 2.75) is 43.7 Å². The quantitative estimate of drug-likeness (QED) is 0.304. The molecular weight excluding hydrogens is 582 g/mol. The Labute approximate surface area is 252 Å². The number of nitrogens with one attached hydrogen (secondary N) is 3. The molecule has 1 saturated heterocycles. The zero-order valence-electron chi connectivity index (χ0n) is 22.9. The second-order valence-corrected chi connectivity index (χ2v) is 11.9. The molecule has 3 aromatic rings. The molecule has 3 N–H and O–H groups in total. The predicted molar refractivity (Wildman–Crippen MR) is 157 cm³/mol. The second-order valence-electron chi connectivity index (χ2n) is 11.1. The minimum absolute atomic E-state index is 0.0754. The van der Waals surface area contributed by atoms with E-state index in [4.69, 9.17) is 27.9 Å². The Bertz CT molecular complexity index is 1640. The van der Waals surface area contributed by atoms with E-state index in [9.17, 15) is 19.6 Å². The fraction of sp³-hybridized carbons (Fsp3) is 0.290. The van der Waals surface area contributed by atoms with Crippen LogP contribution in [-0.2, 0) is 19.7 Å². The minimum atomic E-state index is -1.50. The largest absolute Gasteiger partial charge is 0.465 e. The molecule has 2 heterocycles. The van der Waals surface area contributed by atoms with Gasteiger partial charge in [-0.15, -0.1) is 0 Å². The van der Waals surface area contributed by atoms with Gasteiger partial charge in [-0.05, 0) is 73.9 Å². The molecule has 42 heavy (non-hydrogen) atoms. The zero-order chi connectivity index (χ0) is 30.4. The first kappa shape index (κ1) is 29.5. The van der Waals surface area contributed by atoms with Crippen LogP contribution in [0, 0.1) is 22.6 Å². The zero-order valence-corrected chi connectivity index (χ0v) is 24.4. The highest BCUT2D eigenvalue weighted by Crippen LogP contribution is 2.57. The van der Waals surface area contributed by atoms with E-state index in [2.05, 4.69) is 22.0 Å².